The summed E-state index contributed by atoms with van der Waals surface area (Å²) in [6.45, 7) is 8.96. The summed E-state index contributed by atoms with van der Waals surface area (Å²) in [6.07, 6.45) is 3.41. The number of carbonyl (C=O) groups excluding carboxylic acids is 1. The predicted octanol–water partition coefficient (Wildman–Crippen LogP) is 2.01. The number of carbonyl (C=O) groups is 1. The number of amides is 1. The first-order chi connectivity index (χ1) is 6.80. The average Bonchev–Trinajstić information content (AvgIpc) is 2.14. The van der Waals surface area contributed by atoms with Gasteiger partial charge in [0, 0.05) is 13.6 Å². The molecule has 0 radical (unpaired) electrons. The summed E-state index contributed by atoms with van der Waals surface area (Å²) in [5, 5.41) is 0. The molecule has 0 saturated carbocycles. The van der Waals surface area contributed by atoms with Gasteiger partial charge in [-0.1, -0.05) is 40.5 Å². The fourth-order valence-corrected chi connectivity index (χ4v) is 1.32. The van der Waals surface area contributed by atoms with Crippen molar-refractivity contribution in [2.75, 3.05) is 13.6 Å². The van der Waals surface area contributed by atoms with Gasteiger partial charge in [0.1, 0.15) is 0 Å². The van der Waals surface area contributed by atoms with Gasteiger partial charge in [-0.15, -0.1) is 0 Å². The standard InChI is InChI=1S/C12H26N2O/c1-6-7-8-9-14(5)11(15)10(13)12(2,3)4/h10H,6-9,13H2,1-5H3/t10-/m0/s1. The normalized spacial score (nSPS) is 13.7. The number of rotatable bonds is 5. The van der Waals surface area contributed by atoms with Gasteiger partial charge >= 0.3 is 0 Å². The maximum Gasteiger partial charge on any atom is 0.239 e. The molecule has 0 aromatic carbocycles. The zero-order chi connectivity index (χ0) is 12.1. The molecule has 0 spiro atoms. The number of likely N-dealkylation sites (N-methyl/N-ethyl adjacent to an activating group) is 1. The highest BCUT2D eigenvalue weighted by Crippen LogP contribution is 2.18. The largest absolute Gasteiger partial charge is 0.344 e. The molecule has 3 nitrogen and oxygen atoms in total. The van der Waals surface area contributed by atoms with Crippen molar-refractivity contribution in [3.05, 3.63) is 0 Å². The smallest absolute Gasteiger partial charge is 0.239 e. The Bertz CT molecular complexity index is 196. The molecule has 0 aliphatic carbocycles. The zero-order valence-corrected chi connectivity index (χ0v) is 10.8. The molecule has 0 bridgehead atoms. The van der Waals surface area contributed by atoms with Crippen molar-refractivity contribution in [2.24, 2.45) is 11.1 Å². The van der Waals surface area contributed by atoms with E-state index in [4.69, 9.17) is 5.73 Å². The van der Waals surface area contributed by atoms with Crippen LogP contribution in [0.25, 0.3) is 0 Å². The second-order valence-corrected chi connectivity index (χ2v) is 5.31. The van der Waals surface area contributed by atoms with Gasteiger partial charge < -0.3 is 10.6 Å². The lowest BCUT2D eigenvalue weighted by molar-refractivity contribution is -0.133. The SMILES string of the molecule is CCCCCN(C)C(=O)[C@H](N)C(C)(C)C. The highest BCUT2D eigenvalue weighted by Gasteiger charge is 2.29. The number of unbranched alkanes of at least 4 members (excludes halogenated alkanes) is 2. The molecule has 0 fully saturated rings. The van der Waals surface area contributed by atoms with Crippen LogP contribution < -0.4 is 5.73 Å². The molecule has 0 aliphatic heterocycles. The van der Waals surface area contributed by atoms with Crippen molar-refractivity contribution >= 4 is 5.91 Å². The van der Waals surface area contributed by atoms with Crippen LogP contribution in [0.15, 0.2) is 0 Å². The van der Waals surface area contributed by atoms with E-state index in [1.807, 2.05) is 27.8 Å². The first-order valence-corrected chi connectivity index (χ1v) is 5.81. The average molecular weight is 214 g/mol. The molecule has 1 amide bonds. The van der Waals surface area contributed by atoms with Crippen LogP contribution in [-0.2, 0) is 4.79 Å². The molecule has 3 heteroatoms. The molecule has 90 valence electrons. The number of hydrogen-bond donors (Lipinski definition) is 1. The van der Waals surface area contributed by atoms with Crippen LogP contribution >= 0.6 is 0 Å². The van der Waals surface area contributed by atoms with Crippen LogP contribution in [0.1, 0.15) is 47.0 Å². The van der Waals surface area contributed by atoms with Gasteiger partial charge in [-0.3, -0.25) is 4.79 Å². The molecule has 0 saturated heterocycles. The monoisotopic (exact) mass is 214 g/mol. The van der Waals surface area contributed by atoms with Crippen molar-refractivity contribution in [1.29, 1.82) is 0 Å². The molecule has 2 N–H and O–H groups in total. The van der Waals surface area contributed by atoms with Crippen molar-refractivity contribution in [1.82, 2.24) is 4.90 Å². The third-order valence-corrected chi connectivity index (χ3v) is 2.67. The lowest BCUT2D eigenvalue weighted by Crippen LogP contribution is -2.49. The molecule has 15 heavy (non-hydrogen) atoms. The van der Waals surface area contributed by atoms with Crippen LogP contribution in [0.2, 0.25) is 0 Å². The number of nitrogens with two attached hydrogens (primary N) is 1. The van der Waals surface area contributed by atoms with Gasteiger partial charge in [-0.2, -0.15) is 0 Å². The molecule has 0 heterocycles. The summed E-state index contributed by atoms with van der Waals surface area (Å²) in [5.74, 6) is 0.0543. The van der Waals surface area contributed by atoms with E-state index in [9.17, 15) is 4.79 Å². The maximum absolute atomic E-state index is 11.9. The second kappa shape index (κ2) is 6.11. The van der Waals surface area contributed by atoms with Crippen LogP contribution in [0, 0.1) is 5.41 Å². The van der Waals surface area contributed by atoms with Crippen molar-refractivity contribution in [3.63, 3.8) is 0 Å². The van der Waals surface area contributed by atoms with Crippen LogP contribution in [-0.4, -0.2) is 30.4 Å². The van der Waals surface area contributed by atoms with Gasteiger partial charge in [-0.25, -0.2) is 0 Å². The van der Waals surface area contributed by atoms with Gasteiger partial charge in [-0.05, 0) is 11.8 Å². The third-order valence-electron chi connectivity index (χ3n) is 2.67. The fourth-order valence-electron chi connectivity index (χ4n) is 1.32. The molecule has 0 aliphatic rings. The quantitative estimate of drug-likeness (QED) is 0.712. The predicted molar refractivity (Wildman–Crippen MR) is 64.6 cm³/mol. The molecule has 0 unspecified atom stereocenters. The topological polar surface area (TPSA) is 46.3 Å². The summed E-state index contributed by atoms with van der Waals surface area (Å²) < 4.78 is 0. The first kappa shape index (κ1) is 14.4. The van der Waals surface area contributed by atoms with Crippen LogP contribution in [0.3, 0.4) is 0 Å². The zero-order valence-electron chi connectivity index (χ0n) is 10.8. The lowest BCUT2D eigenvalue weighted by Gasteiger charge is -2.30. The minimum absolute atomic E-state index is 0.0543. The van der Waals surface area contributed by atoms with Crippen molar-refractivity contribution in [3.8, 4) is 0 Å². The Hall–Kier alpha value is -0.570. The van der Waals surface area contributed by atoms with Crippen LogP contribution in [0.4, 0.5) is 0 Å². The molecule has 0 aromatic heterocycles. The van der Waals surface area contributed by atoms with E-state index in [1.165, 1.54) is 12.8 Å². The number of hydrogen-bond acceptors (Lipinski definition) is 2. The summed E-state index contributed by atoms with van der Waals surface area (Å²) in [7, 11) is 1.84. The van der Waals surface area contributed by atoms with E-state index in [1.54, 1.807) is 4.90 Å². The molecular weight excluding hydrogens is 188 g/mol. The van der Waals surface area contributed by atoms with E-state index in [2.05, 4.69) is 6.92 Å². The van der Waals surface area contributed by atoms with E-state index in [0.717, 1.165) is 13.0 Å². The maximum atomic E-state index is 11.9. The Morgan fingerprint density at radius 1 is 1.33 bits per heavy atom. The molecule has 0 rings (SSSR count). The van der Waals surface area contributed by atoms with Gasteiger partial charge in [0.25, 0.3) is 0 Å². The van der Waals surface area contributed by atoms with E-state index < -0.39 is 6.04 Å². The highest BCUT2D eigenvalue weighted by atomic mass is 16.2. The van der Waals surface area contributed by atoms with Gasteiger partial charge in [0.2, 0.25) is 5.91 Å². The Balaban J connectivity index is 4.09. The Morgan fingerprint density at radius 3 is 2.27 bits per heavy atom. The van der Waals surface area contributed by atoms with E-state index in [-0.39, 0.29) is 11.3 Å². The van der Waals surface area contributed by atoms with Crippen LogP contribution in [0.5, 0.6) is 0 Å². The minimum Gasteiger partial charge on any atom is -0.344 e. The highest BCUT2D eigenvalue weighted by molar-refractivity contribution is 5.82. The Labute approximate surface area is 94.0 Å². The third kappa shape index (κ3) is 5.17. The first-order valence-electron chi connectivity index (χ1n) is 5.81. The Kier molecular flexibility index (Phi) is 5.88. The van der Waals surface area contributed by atoms with E-state index >= 15 is 0 Å². The fraction of sp³-hybridized carbons (Fsp3) is 0.917. The van der Waals surface area contributed by atoms with Gasteiger partial charge in [0.15, 0.2) is 0 Å². The van der Waals surface area contributed by atoms with E-state index in [0.29, 0.717) is 0 Å². The van der Waals surface area contributed by atoms with Crippen molar-refractivity contribution < 1.29 is 4.79 Å². The lowest BCUT2D eigenvalue weighted by atomic mass is 9.86. The molecule has 1 atom stereocenters. The summed E-state index contributed by atoms with van der Waals surface area (Å²) in [4.78, 5) is 13.6. The van der Waals surface area contributed by atoms with Crippen molar-refractivity contribution in [2.45, 2.75) is 53.0 Å². The summed E-state index contributed by atoms with van der Waals surface area (Å²) >= 11 is 0. The Morgan fingerprint density at radius 2 is 1.87 bits per heavy atom. The van der Waals surface area contributed by atoms with Gasteiger partial charge in [0.05, 0.1) is 6.04 Å². The summed E-state index contributed by atoms with van der Waals surface area (Å²) in [6, 6.07) is -0.399. The number of nitrogens with zero attached hydrogens (tertiary/aromatic N) is 1. The molecular formula is C12H26N2O. The minimum atomic E-state index is -0.399. The summed E-state index contributed by atoms with van der Waals surface area (Å²) in [5.41, 5.74) is 5.75. The second-order valence-electron chi connectivity index (χ2n) is 5.31. The molecule has 0 aromatic rings.